The maximum Gasteiger partial charge on any atom is 0.472 e. The van der Waals surface area contributed by atoms with Crippen LogP contribution in [0.2, 0.25) is 0 Å². The van der Waals surface area contributed by atoms with Crippen molar-refractivity contribution in [3.05, 3.63) is 12.2 Å². The van der Waals surface area contributed by atoms with E-state index in [1.165, 1.54) is 205 Å². The second-order valence-electron chi connectivity index (χ2n) is 34.2. The van der Waals surface area contributed by atoms with Crippen molar-refractivity contribution >= 4 is 31.7 Å². The van der Waals surface area contributed by atoms with E-state index in [0.717, 1.165) is 122 Å². The zero-order valence-electron chi connectivity index (χ0n) is 74.0. The largest absolute Gasteiger partial charge is 0.472 e. The minimum Gasteiger partial charge on any atom is -0.463 e. The molecule has 0 radical (unpaired) electrons. The number of carbonyl (C=O) groups is 4. The van der Waals surface area contributed by atoms with Crippen LogP contribution in [0.4, 0.5) is 0 Å². The predicted octanol–water partition coefficient (Wildman–Crippen LogP) is 17.9. The molecule has 0 amide bonds. The quantitative estimate of drug-likeness (QED) is 0.00889. The lowest BCUT2D eigenvalue weighted by Gasteiger charge is -2.50. The Morgan fingerprint density at radius 2 is 0.636 bits per heavy atom. The number of phosphoric acid groups is 1. The smallest absolute Gasteiger partial charge is 0.463 e. The van der Waals surface area contributed by atoms with Crippen molar-refractivity contribution in [3.8, 4) is 0 Å². The van der Waals surface area contributed by atoms with Gasteiger partial charge in [0.1, 0.15) is 92.6 Å². The number of allylic oxidation sites excluding steroid dienone is 2. The molecule has 3 fully saturated rings. The van der Waals surface area contributed by atoms with Crippen molar-refractivity contribution in [2.24, 2.45) is 0 Å². The number of hydrogen-bond donors (Lipinski definition) is 10. The highest BCUT2D eigenvalue weighted by Crippen LogP contribution is 2.49. The molecule has 0 bridgehead atoms. The maximum absolute atomic E-state index is 14.9. The van der Waals surface area contributed by atoms with Crippen molar-refractivity contribution in [1.82, 2.24) is 0 Å². The lowest BCUT2D eigenvalue weighted by molar-refractivity contribution is -0.360. The summed E-state index contributed by atoms with van der Waals surface area (Å²) in [5.41, 5.74) is 0. The molecule has 3 aliphatic rings. The van der Waals surface area contributed by atoms with E-state index in [-0.39, 0.29) is 32.1 Å². The monoisotopic (exact) mass is 1710 g/mol. The van der Waals surface area contributed by atoms with E-state index in [9.17, 15) is 74.6 Å². The number of unbranched alkanes of at least 4 members (excludes halogenated alkanes) is 52. The van der Waals surface area contributed by atoms with Gasteiger partial charge in [0.15, 0.2) is 24.8 Å². The molecule has 10 N–H and O–H groups in total. The number of aliphatic hydroxyl groups excluding tert-OH is 9. The van der Waals surface area contributed by atoms with Crippen molar-refractivity contribution in [1.29, 1.82) is 0 Å². The minimum absolute atomic E-state index is 0.0175. The second-order valence-corrected chi connectivity index (χ2v) is 35.6. The number of rotatable bonds is 78. The van der Waals surface area contributed by atoms with Gasteiger partial charge in [0.2, 0.25) is 0 Å². The third-order valence-corrected chi connectivity index (χ3v) is 24.5. The number of carbonyl (C=O) groups excluding carboxylic acids is 4. The highest BCUT2D eigenvalue weighted by atomic mass is 31.2. The first-order chi connectivity index (χ1) is 57.2. The first-order valence-electron chi connectivity index (χ1n) is 47.9. The molecule has 18 atom stereocenters. The van der Waals surface area contributed by atoms with Gasteiger partial charge in [0, 0.05) is 25.7 Å². The summed E-state index contributed by atoms with van der Waals surface area (Å²) in [5, 5.41) is 102. The summed E-state index contributed by atoms with van der Waals surface area (Å²) in [6.45, 7) is 5.62. The minimum atomic E-state index is -5.81. The number of ether oxygens (including phenoxy) is 8. The molecule has 2 aliphatic heterocycles. The van der Waals surface area contributed by atoms with Gasteiger partial charge in [0.05, 0.1) is 13.2 Å². The van der Waals surface area contributed by atoms with Crippen LogP contribution in [0.25, 0.3) is 0 Å². The molecule has 0 aromatic heterocycles. The van der Waals surface area contributed by atoms with Crippen molar-refractivity contribution in [2.75, 3.05) is 26.4 Å². The molecular weight excluding hydrogens is 1540 g/mol. The van der Waals surface area contributed by atoms with Gasteiger partial charge in [-0.15, -0.1) is 0 Å². The Morgan fingerprint density at radius 1 is 0.331 bits per heavy atom. The molecule has 0 aromatic rings. The van der Waals surface area contributed by atoms with Crippen LogP contribution in [0.3, 0.4) is 0 Å². The molecule has 2 saturated heterocycles. The average Bonchev–Trinajstić information content (AvgIpc) is 0.755. The van der Waals surface area contributed by atoms with Gasteiger partial charge in [0.25, 0.3) is 0 Å². The Kier molecular flexibility index (Phi) is 66.2. The predicted molar refractivity (Wildman–Crippen MR) is 458 cm³/mol. The third kappa shape index (κ3) is 51.0. The molecule has 25 nitrogen and oxygen atoms in total. The zero-order chi connectivity index (χ0) is 86.1. The van der Waals surface area contributed by atoms with E-state index >= 15 is 0 Å². The van der Waals surface area contributed by atoms with Crippen LogP contribution in [0.15, 0.2) is 12.2 Å². The van der Waals surface area contributed by atoms with Crippen LogP contribution in [-0.4, -0.2) is 205 Å². The van der Waals surface area contributed by atoms with Gasteiger partial charge in [-0.05, 0) is 51.4 Å². The lowest BCUT2D eigenvalue weighted by atomic mass is 9.84. The molecule has 18 unspecified atom stereocenters. The second kappa shape index (κ2) is 71.4. The molecule has 0 spiro atoms. The first-order valence-corrected chi connectivity index (χ1v) is 49.4. The summed E-state index contributed by atoms with van der Waals surface area (Å²) >= 11 is 0. The Hall–Kier alpha value is -2.79. The molecule has 2 heterocycles. The SMILES string of the molecule is CCCCCCCC/C=C\CCCCCC(=O)OC1C(O)C(O)C(OC2OC(CO)C(O)C(O)C2O)C(OP(=O)(O)OCC(COC(=O)CCCCCCCCCCCCCCCCC)OC(=O)CCCCCCCCCCCCCCCCC)C1OC1OC(COC(=O)CCCCCCCCCCCCCCCCCC)C(O)C(O)C1O. The number of phosphoric ester groups is 1. The van der Waals surface area contributed by atoms with Gasteiger partial charge in [-0.2, -0.15) is 0 Å². The van der Waals surface area contributed by atoms with E-state index in [4.69, 9.17) is 46.9 Å². The van der Waals surface area contributed by atoms with Crippen LogP contribution >= 0.6 is 7.82 Å². The standard InChI is InChI=1S/C92H171O25P/c1-5-9-13-17-21-25-29-33-36-39-42-45-49-53-57-61-65-76(95)109-71-74-80(99)82(101)86(105)92(113-74)116-89-87(114-78(97)67-63-59-55-51-46-40-32-28-24-20-16-12-8-4)83(102)84(103)88(115-91-85(104)81(100)79(98)73(68-93)112-91)90(89)117-118(106,107)110-70-72(111-77(96)66-62-58-54-50-47-43-38-35-31-27-23-19-15-11-7-3)69-108-75(94)64-60-56-52-48-44-41-37-34-30-26-22-18-14-10-6-2/h40,46,72-74,79-93,98-105H,5-39,41-45,47-71H2,1-4H3,(H,106,107)/b46-40-. The van der Waals surface area contributed by atoms with Crippen LogP contribution in [0.5, 0.6) is 0 Å². The molecular formula is C92H171O25P. The van der Waals surface area contributed by atoms with Crippen LogP contribution < -0.4 is 0 Å². The summed E-state index contributed by atoms with van der Waals surface area (Å²) in [6, 6.07) is 0. The van der Waals surface area contributed by atoms with Crippen LogP contribution in [0, 0.1) is 0 Å². The number of aliphatic hydroxyl groups is 9. The maximum atomic E-state index is 14.9. The van der Waals surface area contributed by atoms with Crippen LogP contribution in [-0.2, 0) is 70.7 Å². The van der Waals surface area contributed by atoms with E-state index in [1.807, 2.05) is 0 Å². The highest BCUT2D eigenvalue weighted by Gasteiger charge is 2.60. The molecule has 26 heteroatoms. The van der Waals surface area contributed by atoms with Gasteiger partial charge in [-0.1, -0.05) is 354 Å². The summed E-state index contributed by atoms with van der Waals surface area (Å²) < 4.78 is 73.4. The normalized spacial score (nSPS) is 24.9. The highest BCUT2D eigenvalue weighted by molar-refractivity contribution is 7.47. The molecule has 118 heavy (non-hydrogen) atoms. The summed E-state index contributed by atoms with van der Waals surface area (Å²) in [4.78, 5) is 66.5. The number of hydrogen-bond acceptors (Lipinski definition) is 24. The fourth-order valence-electron chi connectivity index (χ4n) is 15.9. The zero-order valence-corrected chi connectivity index (χ0v) is 74.9. The van der Waals surface area contributed by atoms with Gasteiger partial charge in [-0.25, -0.2) is 4.57 Å². The molecule has 1 saturated carbocycles. The first kappa shape index (κ1) is 109. The van der Waals surface area contributed by atoms with E-state index < -0.39 is 162 Å². The van der Waals surface area contributed by atoms with E-state index in [2.05, 4.69) is 39.8 Å². The van der Waals surface area contributed by atoms with Crippen molar-refractivity contribution in [3.63, 3.8) is 0 Å². The molecule has 694 valence electrons. The Balaban J connectivity index is 1.90. The Labute approximate surface area is 712 Å². The molecule has 0 aromatic carbocycles. The number of esters is 4. The van der Waals surface area contributed by atoms with Crippen molar-refractivity contribution < 1.29 is 122 Å². The summed E-state index contributed by atoms with van der Waals surface area (Å²) in [5.74, 6) is -2.96. The third-order valence-electron chi connectivity index (χ3n) is 23.5. The van der Waals surface area contributed by atoms with Gasteiger partial charge < -0.3 is 88.7 Å². The lowest BCUT2D eigenvalue weighted by Crippen LogP contribution is -2.70. The van der Waals surface area contributed by atoms with Gasteiger partial charge >= 0.3 is 31.7 Å². The summed E-state index contributed by atoms with van der Waals surface area (Å²) in [6.07, 6.45) is 30.6. The molecule has 1 aliphatic carbocycles. The van der Waals surface area contributed by atoms with Crippen LogP contribution in [0.1, 0.15) is 419 Å². The molecule has 3 rings (SSSR count). The summed E-state index contributed by atoms with van der Waals surface area (Å²) in [7, 11) is -5.81. The topological polar surface area (TPSA) is 380 Å². The Morgan fingerprint density at radius 3 is 1.02 bits per heavy atom. The fourth-order valence-corrected chi connectivity index (χ4v) is 16.9. The fraction of sp³-hybridized carbons (Fsp3) is 0.935. The Bertz CT molecular complexity index is 2500. The van der Waals surface area contributed by atoms with Crippen molar-refractivity contribution in [2.45, 2.75) is 524 Å². The average molecular weight is 1710 g/mol. The van der Waals surface area contributed by atoms with E-state index in [0.29, 0.717) is 32.1 Å². The van der Waals surface area contributed by atoms with E-state index in [1.54, 1.807) is 0 Å². The van der Waals surface area contributed by atoms with Gasteiger partial charge in [-0.3, -0.25) is 28.2 Å².